The van der Waals surface area contributed by atoms with Crippen LogP contribution < -0.4 is 5.32 Å². The Morgan fingerprint density at radius 2 is 1.81 bits per heavy atom. The minimum atomic E-state index is -0.0240. The first-order chi connectivity index (χ1) is 15.5. The second-order valence-corrected chi connectivity index (χ2v) is 9.84. The average molecular weight is 448 g/mol. The van der Waals surface area contributed by atoms with E-state index in [4.69, 9.17) is 4.98 Å². The van der Waals surface area contributed by atoms with Gasteiger partial charge in [-0.2, -0.15) is 0 Å². The van der Waals surface area contributed by atoms with Gasteiger partial charge in [-0.3, -0.25) is 9.69 Å². The van der Waals surface area contributed by atoms with Crippen molar-refractivity contribution in [2.75, 3.05) is 13.1 Å². The Balaban J connectivity index is 1.50. The van der Waals surface area contributed by atoms with Gasteiger partial charge in [-0.15, -0.1) is 0 Å². The van der Waals surface area contributed by atoms with Gasteiger partial charge in [-0.25, -0.2) is 4.98 Å². The van der Waals surface area contributed by atoms with Crippen molar-refractivity contribution in [3.63, 3.8) is 0 Å². The summed E-state index contributed by atoms with van der Waals surface area (Å²) < 4.78 is 0. The zero-order chi connectivity index (χ0) is 22.5. The van der Waals surface area contributed by atoms with Gasteiger partial charge in [-0.05, 0) is 62.9 Å². The molecule has 4 rings (SSSR count). The second kappa shape index (κ2) is 10.5. The lowest BCUT2D eigenvalue weighted by Crippen LogP contribution is -2.47. The van der Waals surface area contributed by atoms with Gasteiger partial charge >= 0.3 is 0 Å². The molecule has 1 amide bonds. The number of hydrogen-bond donors (Lipinski definition) is 1. The quantitative estimate of drug-likeness (QED) is 0.487. The number of para-hydroxylation sites is 1. The van der Waals surface area contributed by atoms with E-state index in [2.05, 4.69) is 55.3 Å². The molecule has 0 aliphatic carbocycles. The van der Waals surface area contributed by atoms with Crippen LogP contribution in [0.15, 0.2) is 64.5 Å². The SMILES string of the molecule is CCc1ccc(Sc2cc(C(=O)NCCN3C(C)CCCC3C)c3ccccc3n2)cc1. The number of benzene rings is 2. The van der Waals surface area contributed by atoms with Gasteiger partial charge in [-0.1, -0.05) is 55.4 Å². The molecule has 1 aromatic heterocycles. The van der Waals surface area contributed by atoms with Crippen LogP contribution in [-0.4, -0.2) is 41.0 Å². The molecule has 2 unspecified atom stereocenters. The molecular formula is C27H33N3OS. The molecule has 3 aromatic rings. The van der Waals surface area contributed by atoms with Crippen LogP contribution in [0, 0.1) is 0 Å². The molecule has 4 nitrogen and oxygen atoms in total. The second-order valence-electron chi connectivity index (χ2n) is 8.75. The minimum Gasteiger partial charge on any atom is -0.351 e. The molecule has 0 spiro atoms. The van der Waals surface area contributed by atoms with Crippen LogP contribution in [0.1, 0.15) is 56.0 Å². The van der Waals surface area contributed by atoms with Gasteiger partial charge < -0.3 is 5.32 Å². The van der Waals surface area contributed by atoms with E-state index in [0.717, 1.165) is 33.8 Å². The topological polar surface area (TPSA) is 45.2 Å². The predicted molar refractivity (Wildman–Crippen MR) is 134 cm³/mol. The van der Waals surface area contributed by atoms with Crippen LogP contribution in [0.4, 0.5) is 0 Å². The maximum Gasteiger partial charge on any atom is 0.252 e. The number of piperidine rings is 1. The van der Waals surface area contributed by atoms with Crippen molar-refractivity contribution in [1.82, 2.24) is 15.2 Å². The summed E-state index contributed by atoms with van der Waals surface area (Å²) in [7, 11) is 0. The van der Waals surface area contributed by atoms with Crippen molar-refractivity contribution in [1.29, 1.82) is 0 Å². The molecule has 5 heteroatoms. The van der Waals surface area contributed by atoms with Gasteiger partial charge in [0.2, 0.25) is 0 Å². The van der Waals surface area contributed by atoms with Gasteiger partial charge in [0.1, 0.15) is 5.03 Å². The van der Waals surface area contributed by atoms with Crippen LogP contribution in [0.2, 0.25) is 0 Å². The summed E-state index contributed by atoms with van der Waals surface area (Å²) in [6.07, 6.45) is 4.81. The summed E-state index contributed by atoms with van der Waals surface area (Å²) >= 11 is 1.60. The molecule has 32 heavy (non-hydrogen) atoms. The molecule has 0 saturated carbocycles. The van der Waals surface area contributed by atoms with Gasteiger partial charge in [0.25, 0.3) is 5.91 Å². The zero-order valence-electron chi connectivity index (χ0n) is 19.3. The van der Waals surface area contributed by atoms with E-state index in [0.29, 0.717) is 24.2 Å². The molecule has 0 radical (unpaired) electrons. The van der Waals surface area contributed by atoms with E-state index >= 15 is 0 Å². The third-order valence-electron chi connectivity index (χ3n) is 6.52. The van der Waals surface area contributed by atoms with Crippen molar-refractivity contribution in [2.24, 2.45) is 0 Å². The highest BCUT2D eigenvalue weighted by atomic mass is 32.2. The molecule has 0 bridgehead atoms. The first-order valence-electron chi connectivity index (χ1n) is 11.8. The standard InChI is InChI=1S/C27H33N3OS/c1-4-21-12-14-22(15-13-21)32-26-18-24(23-10-5-6-11-25(23)29-26)27(31)28-16-17-30-19(2)8-7-9-20(30)3/h5-6,10-15,18-20H,4,7-9,16-17H2,1-3H3,(H,28,31). The van der Waals surface area contributed by atoms with Crippen LogP contribution in [0.3, 0.4) is 0 Å². The van der Waals surface area contributed by atoms with Crippen molar-refractivity contribution >= 4 is 28.6 Å². The number of nitrogens with one attached hydrogen (secondary N) is 1. The molecular weight excluding hydrogens is 414 g/mol. The number of carbonyl (C=O) groups excluding carboxylic acids is 1. The Morgan fingerprint density at radius 1 is 1.09 bits per heavy atom. The Kier molecular flexibility index (Phi) is 7.48. The Labute approximate surface area is 195 Å². The lowest BCUT2D eigenvalue weighted by Gasteiger charge is -2.39. The monoisotopic (exact) mass is 447 g/mol. The highest BCUT2D eigenvalue weighted by Crippen LogP contribution is 2.30. The third-order valence-corrected chi connectivity index (χ3v) is 7.45. The van der Waals surface area contributed by atoms with Gasteiger partial charge in [0.15, 0.2) is 0 Å². The number of aromatic nitrogens is 1. The van der Waals surface area contributed by atoms with Crippen molar-refractivity contribution in [3.05, 3.63) is 65.7 Å². The first kappa shape index (κ1) is 22.8. The molecule has 168 valence electrons. The molecule has 1 aliphatic heterocycles. The fourth-order valence-corrected chi connectivity index (χ4v) is 5.45. The number of nitrogens with zero attached hydrogens (tertiary/aromatic N) is 2. The molecule has 2 atom stereocenters. The summed E-state index contributed by atoms with van der Waals surface area (Å²) in [4.78, 5) is 21.6. The molecule has 1 fully saturated rings. The minimum absolute atomic E-state index is 0.0240. The highest BCUT2D eigenvalue weighted by Gasteiger charge is 2.24. The van der Waals surface area contributed by atoms with E-state index in [1.165, 1.54) is 24.8 Å². The number of carbonyl (C=O) groups is 1. The van der Waals surface area contributed by atoms with E-state index < -0.39 is 0 Å². The zero-order valence-corrected chi connectivity index (χ0v) is 20.1. The Hall–Kier alpha value is -2.37. The summed E-state index contributed by atoms with van der Waals surface area (Å²) in [5.41, 5.74) is 2.87. The number of amides is 1. The Bertz CT molecular complexity index is 1060. The number of hydrogen-bond acceptors (Lipinski definition) is 4. The molecule has 2 heterocycles. The van der Waals surface area contributed by atoms with Crippen LogP contribution >= 0.6 is 11.8 Å². The van der Waals surface area contributed by atoms with Gasteiger partial charge in [0.05, 0.1) is 11.1 Å². The van der Waals surface area contributed by atoms with Gasteiger partial charge in [0, 0.05) is 35.5 Å². The largest absolute Gasteiger partial charge is 0.351 e. The summed E-state index contributed by atoms with van der Waals surface area (Å²) in [5.74, 6) is -0.0240. The van der Waals surface area contributed by atoms with E-state index in [9.17, 15) is 4.79 Å². The summed E-state index contributed by atoms with van der Waals surface area (Å²) in [6.45, 7) is 8.30. The predicted octanol–water partition coefficient (Wildman–Crippen LogP) is 5.94. The van der Waals surface area contributed by atoms with Crippen molar-refractivity contribution in [2.45, 2.75) is 68.5 Å². The molecule has 2 aromatic carbocycles. The third kappa shape index (κ3) is 5.33. The van der Waals surface area contributed by atoms with Crippen molar-refractivity contribution in [3.8, 4) is 0 Å². The number of pyridine rings is 1. The maximum absolute atomic E-state index is 13.2. The number of rotatable bonds is 7. The number of likely N-dealkylation sites (tertiary alicyclic amines) is 1. The summed E-state index contributed by atoms with van der Waals surface area (Å²) in [6, 6.07) is 19.6. The molecule has 1 aliphatic rings. The Morgan fingerprint density at radius 3 is 2.53 bits per heavy atom. The lowest BCUT2D eigenvalue weighted by molar-refractivity contribution is 0.0890. The molecule has 1 saturated heterocycles. The fourth-order valence-electron chi connectivity index (χ4n) is 4.61. The normalized spacial score (nSPS) is 19.2. The smallest absolute Gasteiger partial charge is 0.252 e. The van der Waals surface area contributed by atoms with E-state index in [-0.39, 0.29) is 5.91 Å². The molecule has 1 N–H and O–H groups in total. The van der Waals surface area contributed by atoms with Crippen LogP contribution in [-0.2, 0) is 6.42 Å². The first-order valence-corrected chi connectivity index (χ1v) is 12.6. The average Bonchev–Trinajstić information content (AvgIpc) is 2.81. The fraction of sp³-hybridized carbons (Fsp3) is 0.407. The van der Waals surface area contributed by atoms with Crippen LogP contribution in [0.5, 0.6) is 0 Å². The highest BCUT2D eigenvalue weighted by molar-refractivity contribution is 7.99. The van der Waals surface area contributed by atoms with Crippen LogP contribution in [0.25, 0.3) is 10.9 Å². The maximum atomic E-state index is 13.2. The number of fused-ring (bicyclic) bond motifs is 1. The summed E-state index contributed by atoms with van der Waals surface area (Å²) in [5, 5.41) is 4.91. The number of aryl methyl sites for hydroxylation is 1. The van der Waals surface area contributed by atoms with E-state index in [1.807, 2.05) is 30.3 Å². The van der Waals surface area contributed by atoms with Crippen molar-refractivity contribution < 1.29 is 4.79 Å². The lowest BCUT2D eigenvalue weighted by atomic mass is 9.98. The van der Waals surface area contributed by atoms with E-state index in [1.54, 1.807) is 11.8 Å².